The molecule has 3 aromatic rings. The van der Waals surface area contributed by atoms with Crippen molar-refractivity contribution in [1.29, 1.82) is 0 Å². The molecule has 0 spiro atoms. The second-order valence-corrected chi connectivity index (χ2v) is 7.19. The normalized spacial score (nSPS) is 15.4. The van der Waals surface area contributed by atoms with E-state index in [1.54, 1.807) is 6.07 Å². The van der Waals surface area contributed by atoms with E-state index in [0.717, 1.165) is 12.8 Å². The Morgan fingerprint density at radius 2 is 1.94 bits per heavy atom. The van der Waals surface area contributed by atoms with E-state index in [2.05, 4.69) is 5.32 Å². The molecule has 0 radical (unpaired) electrons. The minimum atomic E-state index is -0.818. The zero-order valence-corrected chi connectivity index (χ0v) is 16.7. The molecular weight excluding hydrogens is 420 g/mol. The fraction of sp³-hybridized carbons (Fsp3) is 0.227. The minimum Gasteiger partial charge on any atom is -0.423 e. The van der Waals surface area contributed by atoms with Gasteiger partial charge < -0.3 is 19.2 Å². The van der Waals surface area contributed by atoms with Gasteiger partial charge in [-0.25, -0.2) is 9.59 Å². The molecule has 0 bridgehead atoms. The van der Waals surface area contributed by atoms with Crippen LogP contribution in [0.5, 0.6) is 5.75 Å². The number of amides is 1. The number of carbonyl (C=O) groups is 2. The van der Waals surface area contributed by atoms with Crippen molar-refractivity contribution in [1.82, 2.24) is 5.32 Å². The highest BCUT2D eigenvalue weighted by molar-refractivity contribution is 5.97. The number of nitro groups is 1. The van der Waals surface area contributed by atoms with Crippen LogP contribution < -0.4 is 15.7 Å². The fourth-order valence-electron chi connectivity index (χ4n) is 3.31. The lowest BCUT2D eigenvalue weighted by molar-refractivity contribution is -0.384. The van der Waals surface area contributed by atoms with Gasteiger partial charge in [0.1, 0.15) is 16.9 Å². The van der Waals surface area contributed by atoms with Gasteiger partial charge in [0, 0.05) is 36.7 Å². The van der Waals surface area contributed by atoms with Gasteiger partial charge in [0.05, 0.1) is 16.6 Å². The number of nitrogens with zero attached hydrogens (tertiary/aromatic N) is 1. The van der Waals surface area contributed by atoms with Gasteiger partial charge in [0.2, 0.25) is 0 Å². The highest BCUT2D eigenvalue weighted by Gasteiger charge is 2.19. The van der Waals surface area contributed by atoms with Crippen LogP contribution in [0.1, 0.15) is 33.6 Å². The second kappa shape index (κ2) is 8.98. The Morgan fingerprint density at radius 3 is 2.62 bits per heavy atom. The Morgan fingerprint density at radius 1 is 1.16 bits per heavy atom. The summed E-state index contributed by atoms with van der Waals surface area (Å²) in [6.07, 6.45) is 1.74. The van der Waals surface area contributed by atoms with Gasteiger partial charge in [0.25, 0.3) is 11.6 Å². The molecule has 1 saturated heterocycles. The van der Waals surface area contributed by atoms with Gasteiger partial charge in [-0.1, -0.05) is 0 Å². The number of rotatable bonds is 6. The van der Waals surface area contributed by atoms with E-state index in [1.807, 2.05) is 0 Å². The lowest BCUT2D eigenvalue weighted by Gasteiger charge is -2.10. The molecule has 1 aliphatic heterocycles. The fourth-order valence-corrected chi connectivity index (χ4v) is 3.31. The molecule has 1 aromatic heterocycles. The van der Waals surface area contributed by atoms with Gasteiger partial charge in [-0.2, -0.15) is 0 Å². The number of esters is 1. The third-order valence-electron chi connectivity index (χ3n) is 4.99. The van der Waals surface area contributed by atoms with Crippen LogP contribution in [0.25, 0.3) is 11.0 Å². The number of hydrogen-bond donors (Lipinski definition) is 1. The van der Waals surface area contributed by atoms with Crippen LogP contribution >= 0.6 is 0 Å². The van der Waals surface area contributed by atoms with Crippen molar-refractivity contribution in [2.24, 2.45) is 0 Å². The molecule has 1 fully saturated rings. The van der Waals surface area contributed by atoms with Gasteiger partial charge in [-0.15, -0.1) is 0 Å². The van der Waals surface area contributed by atoms with Crippen LogP contribution in [-0.2, 0) is 4.74 Å². The maximum absolute atomic E-state index is 12.4. The van der Waals surface area contributed by atoms with Crippen molar-refractivity contribution in [3.63, 3.8) is 0 Å². The summed E-state index contributed by atoms with van der Waals surface area (Å²) in [4.78, 5) is 47.1. The number of ether oxygens (including phenoxy) is 2. The molecule has 10 nitrogen and oxygen atoms in total. The summed E-state index contributed by atoms with van der Waals surface area (Å²) in [5, 5.41) is 13.9. The van der Waals surface area contributed by atoms with Crippen molar-refractivity contribution in [3.8, 4) is 5.75 Å². The number of hydrogen-bond acceptors (Lipinski definition) is 8. The summed E-state index contributed by atoms with van der Waals surface area (Å²) in [5.74, 6) is -1.17. The quantitative estimate of drug-likeness (QED) is 0.204. The Bertz CT molecular complexity index is 1240. The molecule has 1 atom stereocenters. The number of nitrogens with one attached hydrogen (secondary N) is 1. The maximum atomic E-state index is 12.4. The van der Waals surface area contributed by atoms with Crippen molar-refractivity contribution < 1.29 is 28.4 Å². The molecule has 1 N–H and O–H groups in total. The lowest BCUT2D eigenvalue weighted by atomic mass is 10.1. The molecular formula is C22H18N2O8. The lowest BCUT2D eigenvalue weighted by Crippen LogP contribution is -2.34. The Hall–Kier alpha value is -4.05. The molecule has 1 aliphatic rings. The molecule has 1 unspecified atom stereocenters. The highest BCUT2D eigenvalue weighted by atomic mass is 16.6. The van der Waals surface area contributed by atoms with Crippen LogP contribution in [0.3, 0.4) is 0 Å². The van der Waals surface area contributed by atoms with E-state index in [-0.39, 0.29) is 34.3 Å². The van der Waals surface area contributed by atoms with Crippen molar-refractivity contribution in [2.45, 2.75) is 18.9 Å². The average Bonchev–Trinajstić information content (AvgIpc) is 3.30. The summed E-state index contributed by atoms with van der Waals surface area (Å²) in [5.41, 5.74) is -0.841. The van der Waals surface area contributed by atoms with E-state index in [9.17, 15) is 24.5 Å². The first kappa shape index (κ1) is 21.2. The number of nitro benzene ring substituents is 1. The van der Waals surface area contributed by atoms with Crippen molar-refractivity contribution >= 4 is 28.5 Å². The summed E-state index contributed by atoms with van der Waals surface area (Å²) in [7, 11) is 0. The Kier molecular flexibility index (Phi) is 5.95. The van der Waals surface area contributed by atoms with Gasteiger partial charge >= 0.3 is 11.6 Å². The van der Waals surface area contributed by atoms with Crippen LogP contribution in [0.4, 0.5) is 5.69 Å². The summed E-state index contributed by atoms with van der Waals surface area (Å²) in [6, 6.07) is 10.8. The average molecular weight is 438 g/mol. The van der Waals surface area contributed by atoms with Crippen molar-refractivity contribution in [3.05, 3.63) is 80.2 Å². The summed E-state index contributed by atoms with van der Waals surface area (Å²) in [6.45, 7) is 0.976. The molecule has 32 heavy (non-hydrogen) atoms. The molecule has 4 rings (SSSR count). The molecule has 10 heteroatoms. The predicted molar refractivity (Wildman–Crippen MR) is 112 cm³/mol. The van der Waals surface area contributed by atoms with Gasteiger partial charge in [-0.05, 0) is 43.2 Å². The number of non-ortho nitro benzene ring substituents is 1. The largest absolute Gasteiger partial charge is 0.423 e. The standard InChI is InChI=1S/C22H18N2O8/c25-20(23-12-17-2-1-9-30-17)18-10-14-5-8-16(11-19(14)32-22(18)27)31-21(26)13-3-6-15(7-4-13)24(28)29/h3-8,10-11,17H,1-2,9,12H2,(H,23,25). The number of benzene rings is 2. The van der Waals surface area contributed by atoms with E-state index in [0.29, 0.717) is 18.5 Å². The highest BCUT2D eigenvalue weighted by Crippen LogP contribution is 2.22. The number of fused-ring (bicyclic) bond motifs is 1. The Balaban J connectivity index is 1.48. The van der Waals surface area contributed by atoms with Crippen LogP contribution in [-0.4, -0.2) is 36.1 Å². The minimum absolute atomic E-state index is 0.0561. The topological polar surface area (TPSA) is 138 Å². The first-order valence-corrected chi connectivity index (χ1v) is 9.85. The van der Waals surface area contributed by atoms with E-state index in [1.165, 1.54) is 42.5 Å². The monoisotopic (exact) mass is 438 g/mol. The van der Waals surface area contributed by atoms with Crippen molar-refractivity contribution in [2.75, 3.05) is 13.2 Å². The molecule has 164 valence electrons. The van der Waals surface area contributed by atoms with Crippen LogP contribution in [0.2, 0.25) is 0 Å². The zero-order chi connectivity index (χ0) is 22.7. The SMILES string of the molecule is O=C(Oc1ccc2cc(C(=O)NCC3CCCO3)c(=O)oc2c1)c1ccc([N+](=O)[O-])cc1. The second-order valence-electron chi connectivity index (χ2n) is 7.19. The van der Waals surface area contributed by atoms with Crippen LogP contribution in [0, 0.1) is 10.1 Å². The molecule has 1 amide bonds. The molecule has 0 aliphatic carbocycles. The summed E-state index contributed by atoms with van der Waals surface area (Å²) < 4.78 is 15.9. The van der Waals surface area contributed by atoms with Gasteiger partial charge in [-0.3, -0.25) is 14.9 Å². The smallest absolute Gasteiger partial charge is 0.349 e. The third-order valence-corrected chi connectivity index (χ3v) is 4.99. The third kappa shape index (κ3) is 4.65. The van der Waals surface area contributed by atoms with E-state index in [4.69, 9.17) is 13.9 Å². The van der Waals surface area contributed by atoms with E-state index < -0.39 is 22.4 Å². The first-order chi connectivity index (χ1) is 15.4. The Labute approximate surface area is 180 Å². The molecule has 0 saturated carbocycles. The first-order valence-electron chi connectivity index (χ1n) is 9.85. The predicted octanol–water partition coefficient (Wildman–Crippen LogP) is 2.83. The molecule has 2 aromatic carbocycles. The molecule has 2 heterocycles. The summed E-state index contributed by atoms with van der Waals surface area (Å²) >= 11 is 0. The van der Waals surface area contributed by atoms with E-state index >= 15 is 0 Å². The zero-order valence-electron chi connectivity index (χ0n) is 16.7. The maximum Gasteiger partial charge on any atom is 0.349 e. The van der Waals surface area contributed by atoms with Crippen LogP contribution in [0.15, 0.2) is 57.7 Å². The number of carbonyl (C=O) groups excluding carboxylic acids is 2. The van der Waals surface area contributed by atoms with Gasteiger partial charge in [0.15, 0.2) is 0 Å².